The van der Waals surface area contributed by atoms with E-state index in [0.717, 1.165) is 10.9 Å². The highest BCUT2D eigenvalue weighted by Gasteiger charge is 2.15. The number of carbonyl (C=O) groups excluding carboxylic acids is 1. The lowest BCUT2D eigenvalue weighted by Gasteiger charge is -2.10. The smallest absolute Gasteiger partial charge is 0.256 e. The van der Waals surface area contributed by atoms with Crippen LogP contribution in [0.15, 0.2) is 77.4 Å². The number of hydrogen-bond acceptors (Lipinski definition) is 3. The van der Waals surface area contributed by atoms with Crippen molar-refractivity contribution in [2.24, 2.45) is 0 Å². The fourth-order valence-corrected chi connectivity index (χ4v) is 2.87. The number of pyridine rings is 1. The average molecular weight is 349 g/mol. The molecule has 2 aromatic heterocycles. The molecule has 0 aliphatic heterocycles. The molecule has 0 spiro atoms. The Morgan fingerprint density at radius 1 is 1.00 bits per heavy atom. The standard InChI is InChI=1S/C20H13ClN2O2/c21-13-5-3-6-14(11-13)22-20(24)16-12-18(19-9-4-10-25-19)23-17-8-2-1-7-15(16)17/h1-12H,(H,22,24). The first-order valence-corrected chi connectivity index (χ1v) is 8.09. The number of aromatic nitrogens is 1. The van der Waals surface area contributed by atoms with E-state index in [-0.39, 0.29) is 5.91 Å². The molecule has 1 N–H and O–H groups in total. The maximum absolute atomic E-state index is 12.8. The minimum absolute atomic E-state index is 0.228. The van der Waals surface area contributed by atoms with Crippen LogP contribution in [0.1, 0.15) is 10.4 Å². The number of furan rings is 1. The Kier molecular flexibility index (Phi) is 3.96. The quantitative estimate of drug-likeness (QED) is 0.539. The Bertz CT molecular complexity index is 1060. The molecule has 0 atom stereocenters. The zero-order valence-electron chi connectivity index (χ0n) is 13.1. The van der Waals surface area contributed by atoms with Gasteiger partial charge in [0.25, 0.3) is 5.91 Å². The second kappa shape index (κ2) is 6.42. The van der Waals surface area contributed by atoms with E-state index in [0.29, 0.717) is 27.7 Å². The molecule has 0 saturated carbocycles. The summed E-state index contributed by atoms with van der Waals surface area (Å²) in [7, 11) is 0. The highest BCUT2D eigenvalue weighted by atomic mass is 35.5. The van der Waals surface area contributed by atoms with Crippen LogP contribution in [0.3, 0.4) is 0 Å². The average Bonchev–Trinajstić information content (AvgIpc) is 3.15. The van der Waals surface area contributed by atoms with E-state index in [1.54, 1.807) is 42.7 Å². The number of fused-ring (bicyclic) bond motifs is 1. The number of rotatable bonds is 3. The summed E-state index contributed by atoms with van der Waals surface area (Å²) in [4.78, 5) is 17.4. The van der Waals surface area contributed by atoms with E-state index in [1.165, 1.54) is 0 Å². The van der Waals surface area contributed by atoms with Gasteiger partial charge >= 0.3 is 0 Å². The second-order valence-corrected chi connectivity index (χ2v) is 5.95. The summed E-state index contributed by atoms with van der Waals surface area (Å²) in [6.07, 6.45) is 1.58. The maximum Gasteiger partial charge on any atom is 0.256 e. The molecule has 25 heavy (non-hydrogen) atoms. The van der Waals surface area contributed by atoms with Gasteiger partial charge in [0.2, 0.25) is 0 Å². The van der Waals surface area contributed by atoms with Crippen molar-refractivity contribution in [3.63, 3.8) is 0 Å². The number of halogens is 1. The molecule has 0 aliphatic carbocycles. The molecule has 4 rings (SSSR count). The number of nitrogens with zero attached hydrogens (tertiary/aromatic N) is 1. The molecule has 0 unspecified atom stereocenters. The Morgan fingerprint density at radius 2 is 1.88 bits per heavy atom. The molecule has 4 aromatic rings. The van der Waals surface area contributed by atoms with Crippen LogP contribution in [0.2, 0.25) is 5.02 Å². The molecule has 0 radical (unpaired) electrons. The van der Waals surface area contributed by atoms with Crippen LogP contribution in [0, 0.1) is 0 Å². The van der Waals surface area contributed by atoms with Gasteiger partial charge in [-0.15, -0.1) is 0 Å². The third-order valence-corrected chi connectivity index (χ3v) is 4.05. The molecule has 122 valence electrons. The third kappa shape index (κ3) is 3.12. The second-order valence-electron chi connectivity index (χ2n) is 5.51. The van der Waals surface area contributed by atoms with Gasteiger partial charge in [0, 0.05) is 16.1 Å². The Morgan fingerprint density at radius 3 is 2.68 bits per heavy atom. The lowest BCUT2D eigenvalue weighted by molar-refractivity contribution is 0.102. The molecule has 0 fully saturated rings. The summed E-state index contributed by atoms with van der Waals surface area (Å²) in [6, 6.07) is 19.9. The molecule has 2 heterocycles. The summed E-state index contributed by atoms with van der Waals surface area (Å²) in [5.41, 5.74) is 2.50. The maximum atomic E-state index is 12.8. The predicted octanol–water partition coefficient (Wildman–Crippen LogP) is 5.40. The Hall–Kier alpha value is -3.11. The van der Waals surface area contributed by atoms with Crippen molar-refractivity contribution in [1.29, 1.82) is 0 Å². The minimum Gasteiger partial charge on any atom is -0.463 e. The monoisotopic (exact) mass is 348 g/mol. The molecule has 1 amide bonds. The van der Waals surface area contributed by atoms with Crippen LogP contribution < -0.4 is 5.32 Å². The SMILES string of the molecule is O=C(Nc1cccc(Cl)c1)c1cc(-c2ccco2)nc2ccccc12. The van der Waals surface area contributed by atoms with Gasteiger partial charge in [-0.1, -0.05) is 35.9 Å². The Balaban J connectivity index is 1.80. The van der Waals surface area contributed by atoms with Gasteiger partial charge in [-0.25, -0.2) is 4.98 Å². The predicted molar refractivity (Wildman–Crippen MR) is 98.9 cm³/mol. The van der Waals surface area contributed by atoms with E-state index in [1.807, 2.05) is 30.3 Å². The molecule has 2 aromatic carbocycles. The molecule has 5 heteroatoms. The molecular weight excluding hydrogens is 336 g/mol. The van der Waals surface area contributed by atoms with Crippen molar-refractivity contribution in [2.45, 2.75) is 0 Å². The summed E-state index contributed by atoms with van der Waals surface area (Å²) in [6.45, 7) is 0. The van der Waals surface area contributed by atoms with Crippen molar-refractivity contribution in [3.05, 3.63) is 83.6 Å². The number of anilines is 1. The van der Waals surface area contributed by atoms with Gasteiger partial charge in [0.05, 0.1) is 17.3 Å². The summed E-state index contributed by atoms with van der Waals surface area (Å²) >= 11 is 5.99. The van der Waals surface area contributed by atoms with Crippen molar-refractivity contribution in [1.82, 2.24) is 4.98 Å². The topological polar surface area (TPSA) is 55.1 Å². The van der Waals surface area contributed by atoms with E-state index < -0.39 is 0 Å². The molecular formula is C20H13ClN2O2. The van der Waals surface area contributed by atoms with Gasteiger partial charge < -0.3 is 9.73 Å². The zero-order chi connectivity index (χ0) is 17.2. The fourth-order valence-electron chi connectivity index (χ4n) is 2.68. The van der Waals surface area contributed by atoms with Gasteiger partial charge in [0.15, 0.2) is 5.76 Å². The van der Waals surface area contributed by atoms with Crippen LogP contribution in [0.25, 0.3) is 22.4 Å². The summed E-state index contributed by atoms with van der Waals surface area (Å²) in [5, 5.41) is 4.22. The number of carbonyl (C=O) groups is 1. The zero-order valence-corrected chi connectivity index (χ0v) is 13.8. The first kappa shape index (κ1) is 15.4. The van der Waals surface area contributed by atoms with Crippen molar-refractivity contribution in [3.8, 4) is 11.5 Å². The largest absolute Gasteiger partial charge is 0.463 e. The summed E-state index contributed by atoms with van der Waals surface area (Å²) in [5.74, 6) is 0.385. The van der Waals surface area contributed by atoms with E-state index >= 15 is 0 Å². The van der Waals surface area contributed by atoms with Crippen molar-refractivity contribution >= 4 is 34.1 Å². The first-order chi connectivity index (χ1) is 12.2. The van der Waals surface area contributed by atoms with Crippen LogP contribution >= 0.6 is 11.6 Å². The van der Waals surface area contributed by atoms with Crippen LogP contribution in [-0.2, 0) is 0 Å². The normalized spacial score (nSPS) is 10.8. The lowest BCUT2D eigenvalue weighted by atomic mass is 10.1. The Labute approximate surface area is 149 Å². The van der Waals surface area contributed by atoms with E-state index in [9.17, 15) is 4.79 Å². The van der Waals surface area contributed by atoms with Crippen LogP contribution in [0.4, 0.5) is 5.69 Å². The van der Waals surface area contributed by atoms with Crippen molar-refractivity contribution in [2.75, 3.05) is 5.32 Å². The fraction of sp³-hybridized carbons (Fsp3) is 0. The minimum atomic E-state index is -0.228. The van der Waals surface area contributed by atoms with Crippen LogP contribution in [-0.4, -0.2) is 10.9 Å². The first-order valence-electron chi connectivity index (χ1n) is 7.71. The number of hydrogen-bond donors (Lipinski definition) is 1. The molecule has 0 bridgehead atoms. The van der Waals surface area contributed by atoms with Crippen LogP contribution in [0.5, 0.6) is 0 Å². The van der Waals surface area contributed by atoms with Gasteiger partial charge in [-0.2, -0.15) is 0 Å². The summed E-state index contributed by atoms with van der Waals surface area (Å²) < 4.78 is 5.43. The number of para-hydroxylation sites is 1. The third-order valence-electron chi connectivity index (χ3n) is 3.82. The van der Waals surface area contributed by atoms with Crippen molar-refractivity contribution < 1.29 is 9.21 Å². The number of amides is 1. The lowest BCUT2D eigenvalue weighted by Crippen LogP contribution is -2.13. The van der Waals surface area contributed by atoms with Gasteiger partial charge in [-0.3, -0.25) is 4.79 Å². The molecule has 4 nitrogen and oxygen atoms in total. The highest BCUT2D eigenvalue weighted by Crippen LogP contribution is 2.26. The van der Waals surface area contributed by atoms with E-state index in [2.05, 4.69) is 10.3 Å². The van der Waals surface area contributed by atoms with Gasteiger partial charge in [-0.05, 0) is 42.5 Å². The van der Waals surface area contributed by atoms with E-state index in [4.69, 9.17) is 16.0 Å². The highest BCUT2D eigenvalue weighted by molar-refractivity contribution is 6.31. The van der Waals surface area contributed by atoms with Gasteiger partial charge in [0.1, 0.15) is 5.69 Å². The number of benzene rings is 2. The number of nitrogens with one attached hydrogen (secondary N) is 1. The molecule has 0 saturated heterocycles. The molecule has 0 aliphatic rings.